The third-order valence-electron chi connectivity index (χ3n) is 5.01. The lowest BCUT2D eigenvalue weighted by Gasteiger charge is -2.12. The van der Waals surface area contributed by atoms with Crippen LogP contribution in [-0.2, 0) is 17.0 Å². The third-order valence-corrected chi connectivity index (χ3v) is 6.01. The summed E-state index contributed by atoms with van der Waals surface area (Å²) in [6, 6.07) is 18.7. The molecule has 0 saturated heterocycles. The standard InChI is InChI=1S/C26H27FN2O4S/c1-32-23-12-9-18(15-24(23)33-2)13-14-28-26(31)21-5-3-4-6-22(21)29-25(30)17-34-16-19-7-10-20(27)11-8-19/h3-12,15H,13-14,16-17H2,1-2H3,(H,28,31)(H,29,30). The fraction of sp³-hybridized carbons (Fsp3) is 0.231. The minimum absolute atomic E-state index is 0.210. The summed E-state index contributed by atoms with van der Waals surface area (Å²) in [5.74, 6) is 1.32. The maximum atomic E-state index is 13.0. The number of carbonyl (C=O) groups is 2. The summed E-state index contributed by atoms with van der Waals surface area (Å²) in [7, 11) is 3.16. The highest BCUT2D eigenvalue weighted by molar-refractivity contribution is 7.99. The Morgan fingerprint density at radius 1 is 0.912 bits per heavy atom. The van der Waals surface area contributed by atoms with Crippen molar-refractivity contribution in [2.45, 2.75) is 12.2 Å². The van der Waals surface area contributed by atoms with Crippen molar-refractivity contribution in [3.8, 4) is 11.5 Å². The lowest BCUT2D eigenvalue weighted by molar-refractivity contribution is -0.113. The Hall–Kier alpha value is -3.52. The first kappa shape index (κ1) is 25.1. The van der Waals surface area contributed by atoms with Gasteiger partial charge in [-0.2, -0.15) is 0 Å². The second-order valence-electron chi connectivity index (χ2n) is 7.41. The number of benzene rings is 3. The van der Waals surface area contributed by atoms with Crippen molar-refractivity contribution in [3.63, 3.8) is 0 Å². The molecule has 0 fully saturated rings. The molecular formula is C26H27FN2O4S. The number of amides is 2. The molecule has 2 amide bonds. The number of rotatable bonds is 11. The highest BCUT2D eigenvalue weighted by atomic mass is 32.2. The number of carbonyl (C=O) groups excluding carboxylic acids is 2. The van der Waals surface area contributed by atoms with Crippen LogP contribution in [-0.4, -0.2) is 38.3 Å². The Balaban J connectivity index is 1.51. The van der Waals surface area contributed by atoms with E-state index in [0.717, 1.165) is 11.1 Å². The molecule has 0 saturated carbocycles. The van der Waals surface area contributed by atoms with Crippen LogP contribution in [0.15, 0.2) is 66.7 Å². The predicted molar refractivity (Wildman–Crippen MR) is 133 cm³/mol. The van der Waals surface area contributed by atoms with E-state index in [9.17, 15) is 14.0 Å². The van der Waals surface area contributed by atoms with E-state index in [1.165, 1.54) is 23.9 Å². The largest absolute Gasteiger partial charge is 0.493 e. The van der Waals surface area contributed by atoms with Crippen molar-refractivity contribution >= 4 is 29.3 Å². The van der Waals surface area contributed by atoms with Crippen LogP contribution in [0.3, 0.4) is 0 Å². The fourth-order valence-corrected chi connectivity index (χ4v) is 4.06. The molecule has 34 heavy (non-hydrogen) atoms. The van der Waals surface area contributed by atoms with Crippen LogP contribution >= 0.6 is 11.8 Å². The fourth-order valence-electron chi connectivity index (χ4n) is 3.27. The maximum Gasteiger partial charge on any atom is 0.253 e. The first-order valence-electron chi connectivity index (χ1n) is 10.7. The molecule has 3 aromatic carbocycles. The molecule has 0 heterocycles. The van der Waals surface area contributed by atoms with Gasteiger partial charge in [0.25, 0.3) is 5.91 Å². The van der Waals surface area contributed by atoms with Crippen molar-refractivity contribution < 1.29 is 23.5 Å². The molecule has 8 heteroatoms. The zero-order valence-corrected chi connectivity index (χ0v) is 19.9. The van der Waals surface area contributed by atoms with E-state index in [1.807, 2.05) is 18.2 Å². The monoisotopic (exact) mass is 482 g/mol. The third kappa shape index (κ3) is 7.25. The zero-order valence-electron chi connectivity index (χ0n) is 19.1. The number of thioether (sulfide) groups is 1. The predicted octanol–water partition coefficient (Wildman–Crippen LogP) is 4.69. The van der Waals surface area contributed by atoms with Crippen LogP contribution in [0.4, 0.5) is 10.1 Å². The first-order valence-corrected chi connectivity index (χ1v) is 11.9. The maximum absolute atomic E-state index is 13.0. The lowest BCUT2D eigenvalue weighted by Crippen LogP contribution is -2.27. The van der Waals surface area contributed by atoms with Crippen molar-refractivity contribution in [1.82, 2.24) is 5.32 Å². The number of anilines is 1. The van der Waals surface area contributed by atoms with Crippen LogP contribution in [0.25, 0.3) is 0 Å². The normalized spacial score (nSPS) is 10.4. The second kappa shape index (κ2) is 12.6. The van der Waals surface area contributed by atoms with Gasteiger partial charge in [0.2, 0.25) is 5.91 Å². The molecule has 0 spiro atoms. The molecule has 0 aliphatic heterocycles. The molecule has 0 aliphatic carbocycles. The van der Waals surface area contributed by atoms with Crippen LogP contribution in [0.1, 0.15) is 21.5 Å². The summed E-state index contributed by atoms with van der Waals surface area (Å²) >= 11 is 1.42. The number of hydrogen-bond donors (Lipinski definition) is 2. The summed E-state index contributed by atoms with van der Waals surface area (Å²) < 4.78 is 23.6. The Labute approximate surface area is 202 Å². The van der Waals surface area contributed by atoms with Gasteiger partial charge in [0.15, 0.2) is 11.5 Å². The average Bonchev–Trinajstić information content (AvgIpc) is 2.85. The van der Waals surface area contributed by atoms with Gasteiger partial charge in [-0.15, -0.1) is 11.8 Å². The van der Waals surface area contributed by atoms with E-state index in [0.29, 0.717) is 41.5 Å². The van der Waals surface area contributed by atoms with Crippen molar-refractivity contribution in [3.05, 3.63) is 89.2 Å². The van der Waals surface area contributed by atoms with Crippen molar-refractivity contribution in [2.24, 2.45) is 0 Å². The Bertz CT molecular complexity index is 1120. The minimum Gasteiger partial charge on any atom is -0.493 e. The molecule has 0 unspecified atom stereocenters. The molecule has 0 aromatic heterocycles. The summed E-state index contributed by atoms with van der Waals surface area (Å²) in [6.45, 7) is 0.421. The van der Waals surface area contributed by atoms with E-state index < -0.39 is 0 Å². The topological polar surface area (TPSA) is 76.7 Å². The summed E-state index contributed by atoms with van der Waals surface area (Å²) in [6.07, 6.45) is 0.612. The van der Waals surface area contributed by atoms with Crippen molar-refractivity contribution in [1.29, 1.82) is 0 Å². The number of methoxy groups -OCH3 is 2. The lowest BCUT2D eigenvalue weighted by atomic mass is 10.1. The summed E-state index contributed by atoms with van der Waals surface area (Å²) in [4.78, 5) is 25.1. The summed E-state index contributed by atoms with van der Waals surface area (Å²) in [5.41, 5.74) is 2.79. The van der Waals surface area contributed by atoms with Crippen LogP contribution in [0, 0.1) is 5.82 Å². The van der Waals surface area contributed by atoms with Gasteiger partial charge in [0.05, 0.1) is 31.2 Å². The Morgan fingerprint density at radius 2 is 1.62 bits per heavy atom. The molecule has 0 atom stereocenters. The number of ether oxygens (including phenoxy) is 2. The SMILES string of the molecule is COc1ccc(CCNC(=O)c2ccccc2NC(=O)CSCc2ccc(F)cc2)cc1OC. The second-order valence-corrected chi connectivity index (χ2v) is 8.39. The first-order chi connectivity index (χ1) is 16.5. The molecular weight excluding hydrogens is 455 g/mol. The van der Waals surface area contributed by atoms with Crippen LogP contribution in [0.5, 0.6) is 11.5 Å². The van der Waals surface area contributed by atoms with Gasteiger partial charge >= 0.3 is 0 Å². The van der Waals surface area contributed by atoms with E-state index in [1.54, 1.807) is 50.6 Å². The van der Waals surface area contributed by atoms with Gasteiger partial charge in [-0.1, -0.05) is 30.3 Å². The highest BCUT2D eigenvalue weighted by Crippen LogP contribution is 2.27. The van der Waals surface area contributed by atoms with Crippen molar-refractivity contribution in [2.75, 3.05) is 31.8 Å². The van der Waals surface area contributed by atoms with Crippen LogP contribution in [0.2, 0.25) is 0 Å². The highest BCUT2D eigenvalue weighted by Gasteiger charge is 2.13. The average molecular weight is 483 g/mol. The number of nitrogens with one attached hydrogen (secondary N) is 2. The zero-order chi connectivity index (χ0) is 24.3. The van der Waals surface area contributed by atoms with E-state index in [2.05, 4.69) is 10.6 Å². The Morgan fingerprint density at radius 3 is 2.35 bits per heavy atom. The molecule has 2 N–H and O–H groups in total. The molecule has 3 aromatic rings. The Kier molecular flexibility index (Phi) is 9.34. The van der Waals surface area contributed by atoms with Gasteiger partial charge in [0, 0.05) is 12.3 Å². The van der Waals surface area contributed by atoms with E-state index in [-0.39, 0.29) is 23.4 Å². The quantitative estimate of drug-likeness (QED) is 0.415. The number of para-hydroxylation sites is 1. The minimum atomic E-state index is -0.287. The molecule has 0 bridgehead atoms. The molecule has 3 rings (SSSR count). The molecule has 6 nitrogen and oxygen atoms in total. The smallest absolute Gasteiger partial charge is 0.253 e. The molecule has 178 valence electrons. The van der Waals surface area contributed by atoms with Gasteiger partial charge in [-0.25, -0.2) is 4.39 Å². The molecule has 0 radical (unpaired) electrons. The van der Waals surface area contributed by atoms with Gasteiger partial charge in [0.1, 0.15) is 5.82 Å². The number of hydrogen-bond acceptors (Lipinski definition) is 5. The van der Waals surface area contributed by atoms with E-state index in [4.69, 9.17) is 9.47 Å². The number of halogens is 1. The summed E-state index contributed by atoms with van der Waals surface area (Å²) in [5, 5.41) is 5.71. The van der Waals surface area contributed by atoms with Gasteiger partial charge < -0.3 is 20.1 Å². The van der Waals surface area contributed by atoms with Gasteiger partial charge in [-0.05, 0) is 53.9 Å². The van der Waals surface area contributed by atoms with Gasteiger partial charge in [-0.3, -0.25) is 9.59 Å². The van der Waals surface area contributed by atoms with Crippen LogP contribution < -0.4 is 20.1 Å². The van der Waals surface area contributed by atoms with E-state index >= 15 is 0 Å². The molecule has 0 aliphatic rings.